The number of hydrogen-bond acceptors (Lipinski definition) is 3. The molecule has 1 aromatic rings. The molecule has 0 aliphatic carbocycles. The van der Waals surface area contributed by atoms with Gasteiger partial charge in [-0.3, -0.25) is 9.69 Å². The number of nitrogens with zero attached hydrogens (tertiary/aromatic N) is 1. The van der Waals surface area contributed by atoms with Crippen molar-refractivity contribution in [2.24, 2.45) is 0 Å². The average molecular weight is 264 g/mol. The monoisotopic (exact) mass is 264 g/mol. The second-order valence-electron chi connectivity index (χ2n) is 5.58. The Morgan fingerprint density at radius 2 is 2.28 bits per heavy atom. The number of hydrogen-bond donors (Lipinski definition) is 1. The van der Waals surface area contributed by atoms with Crippen LogP contribution in [0.2, 0.25) is 0 Å². The zero-order valence-electron chi connectivity index (χ0n) is 10.7. The number of thiophene rings is 1. The molecule has 0 saturated carbocycles. The van der Waals surface area contributed by atoms with Crippen LogP contribution in [0.15, 0.2) is 17.5 Å². The van der Waals surface area contributed by atoms with E-state index in [-0.39, 0.29) is 11.4 Å². The molecule has 0 aromatic carbocycles. The molecule has 4 heteroatoms. The van der Waals surface area contributed by atoms with Crippen LogP contribution in [0.4, 0.5) is 0 Å². The minimum atomic E-state index is 0.0742. The SMILES string of the molecule is O=C1CCC[C@]2(CCCN(Cc3cccs3)C2)N1. The van der Waals surface area contributed by atoms with Gasteiger partial charge in [-0.05, 0) is 43.7 Å². The molecular weight excluding hydrogens is 244 g/mol. The third kappa shape index (κ3) is 2.59. The number of rotatable bonds is 2. The molecule has 0 radical (unpaired) electrons. The summed E-state index contributed by atoms with van der Waals surface area (Å²) in [5, 5.41) is 5.40. The van der Waals surface area contributed by atoms with Crippen molar-refractivity contribution >= 4 is 17.2 Å². The molecule has 2 fully saturated rings. The highest BCUT2D eigenvalue weighted by Crippen LogP contribution is 2.30. The third-order valence-electron chi connectivity index (χ3n) is 4.08. The van der Waals surface area contributed by atoms with E-state index in [0.717, 1.165) is 38.9 Å². The molecule has 98 valence electrons. The second kappa shape index (κ2) is 5.02. The summed E-state index contributed by atoms with van der Waals surface area (Å²) >= 11 is 1.82. The van der Waals surface area contributed by atoms with Crippen LogP contribution in [0.25, 0.3) is 0 Å². The molecule has 2 aliphatic rings. The van der Waals surface area contributed by atoms with Gasteiger partial charge in [0.15, 0.2) is 0 Å². The topological polar surface area (TPSA) is 32.3 Å². The van der Waals surface area contributed by atoms with Gasteiger partial charge in [0.25, 0.3) is 0 Å². The van der Waals surface area contributed by atoms with E-state index in [4.69, 9.17) is 0 Å². The van der Waals surface area contributed by atoms with E-state index in [9.17, 15) is 4.79 Å². The van der Waals surface area contributed by atoms with Gasteiger partial charge in [0.1, 0.15) is 0 Å². The maximum atomic E-state index is 11.6. The number of likely N-dealkylation sites (tertiary alicyclic amines) is 1. The summed E-state index contributed by atoms with van der Waals surface area (Å²) in [6.07, 6.45) is 5.27. The summed E-state index contributed by atoms with van der Waals surface area (Å²) in [5.74, 6) is 0.249. The fourth-order valence-electron chi connectivity index (χ4n) is 3.30. The Morgan fingerprint density at radius 1 is 1.39 bits per heavy atom. The van der Waals surface area contributed by atoms with Crippen molar-refractivity contribution in [3.63, 3.8) is 0 Å². The van der Waals surface area contributed by atoms with Gasteiger partial charge in [-0.1, -0.05) is 6.07 Å². The van der Waals surface area contributed by atoms with Gasteiger partial charge < -0.3 is 5.32 Å². The highest BCUT2D eigenvalue weighted by atomic mass is 32.1. The van der Waals surface area contributed by atoms with Gasteiger partial charge in [-0.25, -0.2) is 0 Å². The first-order valence-electron chi connectivity index (χ1n) is 6.82. The smallest absolute Gasteiger partial charge is 0.220 e. The second-order valence-corrected chi connectivity index (χ2v) is 6.61. The predicted octanol–water partition coefficient (Wildman–Crippen LogP) is 2.38. The lowest BCUT2D eigenvalue weighted by Gasteiger charge is -2.45. The van der Waals surface area contributed by atoms with E-state index >= 15 is 0 Å². The molecule has 2 aliphatic heterocycles. The number of carbonyl (C=O) groups excluding carboxylic acids is 1. The molecule has 1 spiro atoms. The Labute approximate surface area is 112 Å². The Hall–Kier alpha value is -0.870. The van der Waals surface area contributed by atoms with Crippen LogP contribution in [-0.2, 0) is 11.3 Å². The fourth-order valence-corrected chi connectivity index (χ4v) is 4.05. The van der Waals surface area contributed by atoms with Crippen LogP contribution in [0.1, 0.15) is 37.0 Å². The molecule has 1 aromatic heterocycles. The van der Waals surface area contributed by atoms with Gasteiger partial charge in [0.2, 0.25) is 5.91 Å². The van der Waals surface area contributed by atoms with E-state index in [1.54, 1.807) is 0 Å². The van der Waals surface area contributed by atoms with Crippen LogP contribution < -0.4 is 5.32 Å². The summed E-state index contributed by atoms with van der Waals surface area (Å²) < 4.78 is 0. The number of carbonyl (C=O) groups is 1. The molecule has 18 heavy (non-hydrogen) atoms. The lowest BCUT2D eigenvalue weighted by molar-refractivity contribution is -0.126. The fraction of sp³-hybridized carbons (Fsp3) is 0.643. The molecule has 3 rings (SSSR count). The van der Waals surface area contributed by atoms with Crippen LogP contribution in [0.3, 0.4) is 0 Å². The Kier molecular flexibility index (Phi) is 3.39. The Morgan fingerprint density at radius 3 is 3.06 bits per heavy atom. The van der Waals surface area contributed by atoms with Gasteiger partial charge in [-0.15, -0.1) is 11.3 Å². The molecule has 2 saturated heterocycles. The van der Waals surface area contributed by atoms with E-state index in [0.29, 0.717) is 6.42 Å². The number of nitrogens with one attached hydrogen (secondary N) is 1. The Balaban J connectivity index is 1.66. The van der Waals surface area contributed by atoms with Crippen molar-refractivity contribution in [2.45, 2.75) is 44.2 Å². The highest BCUT2D eigenvalue weighted by Gasteiger charge is 2.38. The van der Waals surface area contributed by atoms with Gasteiger partial charge >= 0.3 is 0 Å². The summed E-state index contributed by atoms with van der Waals surface area (Å²) in [7, 11) is 0. The summed E-state index contributed by atoms with van der Waals surface area (Å²) in [4.78, 5) is 15.6. The van der Waals surface area contributed by atoms with Gasteiger partial charge in [0.05, 0.1) is 5.54 Å². The molecule has 0 unspecified atom stereocenters. The normalized spacial score (nSPS) is 29.4. The quantitative estimate of drug-likeness (QED) is 0.889. The van der Waals surface area contributed by atoms with Crippen molar-refractivity contribution < 1.29 is 4.79 Å². The maximum absolute atomic E-state index is 11.6. The summed E-state index contributed by atoms with van der Waals surface area (Å²) in [6.45, 7) is 3.22. The zero-order chi connectivity index (χ0) is 12.4. The molecule has 3 nitrogen and oxygen atoms in total. The zero-order valence-corrected chi connectivity index (χ0v) is 11.5. The van der Waals surface area contributed by atoms with Gasteiger partial charge in [0, 0.05) is 24.4 Å². The van der Waals surface area contributed by atoms with E-state index in [1.165, 1.54) is 11.3 Å². The van der Waals surface area contributed by atoms with Crippen molar-refractivity contribution in [2.75, 3.05) is 13.1 Å². The van der Waals surface area contributed by atoms with E-state index < -0.39 is 0 Å². The van der Waals surface area contributed by atoms with Crippen molar-refractivity contribution in [1.29, 1.82) is 0 Å². The predicted molar refractivity (Wildman–Crippen MR) is 73.6 cm³/mol. The lowest BCUT2D eigenvalue weighted by atomic mass is 9.81. The molecule has 0 bridgehead atoms. The van der Waals surface area contributed by atoms with Crippen molar-refractivity contribution in [3.8, 4) is 0 Å². The van der Waals surface area contributed by atoms with Crippen LogP contribution >= 0.6 is 11.3 Å². The van der Waals surface area contributed by atoms with E-state index in [1.807, 2.05) is 11.3 Å². The van der Waals surface area contributed by atoms with Crippen LogP contribution in [-0.4, -0.2) is 29.4 Å². The standard InChI is InChI=1S/C14H20N2OS/c17-13-5-1-6-14(15-13)7-3-8-16(11-14)10-12-4-2-9-18-12/h2,4,9H,1,3,5-8,10-11H2,(H,15,17)/t14-/m1/s1. The molecular formula is C14H20N2OS. The van der Waals surface area contributed by atoms with E-state index in [2.05, 4.69) is 27.7 Å². The van der Waals surface area contributed by atoms with Gasteiger partial charge in [-0.2, -0.15) is 0 Å². The summed E-state index contributed by atoms with van der Waals surface area (Å²) in [6, 6.07) is 4.31. The third-order valence-corrected chi connectivity index (χ3v) is 4.94. The number of amides is 1. The first-order chi connectivity index (χ1) is 8.76. The summed E-state index contributed by atoms with van der Waals surface area (Å²) in [5.41, 5.74) is 0.0742. The largest absolute Gasteiger partial charge is 0.349 e. The van der Waals surface area contributed by atoms with Crippen molar-refractivity contribution in [1.82, 2.24) is 10.2 Å². The first-order valence-corrected chi connectivity index (χ1v) is 7.70. The maximum Gasteiger partial charge on any atom is 0.220 e. The molecule has 1 atom stereocenters. The van der Waals surface area contributed by atoms with Crippen LogP contribution in [0, 0.1) is 0 Å². The highest BCUT2D eigenvalue weighted by molar-refractivity contribution is 7.09. The first kappa shape index (κ1) is 12.2. The lowest BCUT2D eigenvalue weighted by Crippen LogP contribution is -2.60. The minimum Gasteiger partial charge on any atom is -0.349 e. The molecule has 1 N–H and O–H groups in total. The number of piperidine rings is 2. The Bertz CT molecular complexity index is 413. The molecule has 3 heterocycles. The van der Waals surface area contributed by atoms with Crippen molar-refractivity contribution in [3.05, 3.63) is 22.4 Å². The molecule has 1 amide bonds. The average Bonchev–Trinajstić information content (AvgIpc) is 2.81. The minimum absolute atomic E-state index is 0.0742. The van der Waals surface area contributed by atoms with Crippen LogP contribution in [0.5, 0.6) is 0 Å².